The Hall–Kier alpha value is -2.34. The third-order valence-electron chi connectivity index (χ3n) is 3.22. The van der Waals surface area contributed by atoms with E-state index in [1.807, 2.05) is 0 Å². The maximum Gasteiger partial charge on any atom is 0.176 e. The van der Waals surface area contributed by atoms with Crippen LogP contribution in [-0.4, -0.2) is 33.6 Å². The highest BCUT2D eigenvalue weighted by molar-refractivity contribution is 7.90. The Morgan fingerprint density at radius 2 is 2.08 bits per heavy atom. The van der Waals surface area contributed by atoms with Crippen molar-refractivity contribution in [2.75, 3.05) is 20.2 Å². The van der Waals surface area contributed by atoms with Gasteiger partial charge in [0.05, 0.1) is 16.2 Å². The molecule has 0 amide bonds. The van der Waals surface area contributed by atoms with E-state index in [1.165, 1.54) is 31.4 Å². The molecule has 0 radical (unpaired) electrons. The third-order valence-corrected chi connectivity index (χ3v) is 4.35. The topological polar surface area (TPSA) is 89.3 Å². The van der Waals surface area contributed by atoms with E-state index in [0.717, 1.165) is 12.5 Å². The fourth-order valence-corrected chi connectivity index (χ4v) is 2.98. The lowest BCUT2D eigenvalue weighted by Crippen LogP contribution is -2.13. The molecule has 0 saturated heterocycles. The number of methoxy groups -OCH3 is 1. The Kier molecular flexibility index (Phi) is 5.62. The predicted octanol–water partition coefficient (Wildman–Crippen LogP) is 2.21. The van der Waals surface area contributed by atoms with Gasteiger partial charge < -0.3 is 9.47 Å². The average Bonchev–Trinajstić information content (AvgIpc) is 2.55. The van der Waals surface area contributed by atoms with Crippen molar-refractivity contribution in [2.45, 2.75) is 11.0 Å². The number of ether oxygens (including phenoxy) is 2. The van der Waals surface area contributed by atoms with E-state index in [-0.39, 0.29) is 28.5 Å². The number of sulfone groups is 1. The lowest BCUT2D eigenvalue weighted by atomic mass is 10.0. The summed E-state index contributed by atoms with van der Waals surface area (Å²) in [4.78, 5) is 3.88. The van der Waals surface area contributed by atoms with E-state index >= 15 is 0 Å². The molecular formula is C16H15FN2O4S. The van der Waals surface area contributed by atoms with Crippen LogP contribution in [0.5, 0.6) is 0 Å². The molecule has 0 N–H and O–H groups in total. The normalized spacial score (nSPS) is 12.6. The van der Waals surface area contributed by atoms with Gasteiger partial charge >= 0.3 is 0 Å². The van der Waals surface area contributed by atoms with Crippen LogP contribution in [0.2, 0.25) is 0 Å². The van der Waals surface area contributed by atoms with Crippen molar-refractivity contribution in [3.63, 3.8) is 0 Å². The van der Waals surface area contributed by atoms with E-state index in [1.54, 1.807) is 12.1 Å². The Balaban J connectivity index is 2.59. The fourth-order valence-electron chi connectivity index (χ4n) is 2.14. The molecule has 8 heteroatoms. The second-order valence-electron chi connectivity index (χ2n) is 4.96. The SMILES string of the molecule is COCOC(c1cc(S(C)(=O)=O)c(C#N)cn1)c1ccccc1F. The first-order valence-electron chi connectivity index (χ1n) is 6.83. The largest absolute Gasteiger partial charge is 0.359 e. The van der Waals surface area contributed by atoms with Gasteiger partial charge in [0.15, 0.2) is 9.84 Å². The lowest BCUT2D eigenvalue weighted by molar-refractivity contribution is -0.0613. The van der Waals surface area contributed by atoms with Crippen LogP contribution in [0.15, 0.2) is 41.4 Å². The minimum atomic E-state index is -3.66. The highest BCUT2D eigenvalue weighted by Crippen LogP contribution is 2.29. The van der Waals surface area contributed by atoms with Crippen LogP contribution in [0, 0.1) is 17.1 Å². The fraction of sp³-hybridized carbons (Fsp3) is 0.250. The van der Waals surface area contributed by atoms with Crippen molar-refractivity contribution in [3.8, 4) is 6.07 Å². The smallest absolute Gasteiger partial charge is 0.176 e. The summed E-state index contributed by atoms with van der Waals surface area (Å²) in [6.07, 6.45) is 1.15. The van der Waals surface area contributed by atoms with E-state index in [9.17, 15) is 12.8 Å². The molecule has 0 fully saturated rings. The second-order valence-corrected chi connectivity index (χ2v) is 6.95. The van der Waals surface area contributed by atoms with Crippen molar-refractivity contribution in [1.82, 2.24) is 4.98 Å². The number of rotatable bonds is 6. The molecule has 0 aliphatic rings. The highest BCUT2D eigenvalue weighted by atomic mass is 32.2. The summed E-state index contributed by atoms with van der Waals surface area (Å²) in [7, 11) is -2.25. The summed E-state index contributed by atoms with van der Waals surface area (Å²) >= 11 is 0. The summed E-state index contributed by atoms with van der Waals surface area (Å²) in [6, 6.07) is 8.93. The zero-order valence-corrected chi connectivity index (χ0v) is 13.9. The van der Waals surface area contributed by atoms with Gasteiger partial charge in [-0.05, 0) is 12.1 Å². The first kappa shape index (κ1) is 18.0. The molecule has 6 nitrogen and oxygen atoms in total. The van der Waals surface area contributed by atoms with E-state index in [0.29, 0.717) is 0 Å². The molecule has 1 aromatic heterocycles. The van der Waals surface area contributed by atoms with E-state index in [4.69, 9.17) is 14.7 Å². The van der Waals surface area contributed by atoms with Gasteiger partial charge in [0.2, 0.25) is 0 Å². The van der Waals surface area contributed by atoms with Crippen molar-refractivity contribution in [3.05, 3.63) is 59.2 Å². The predicted molar refractivity (Wildman–Crippen MR) is 83.3 cm³/mol. The Morgan fingerprint density at radius 3 is 2.67 bits per heavy atom. The minimum absolute atomic E-state index is 0.0831. The Labute approximate surface area is 139 Å². The van der Waals surface area contributed by atoms with Crippen LogP contribution in [-0.2, 0) is 19.3 Å². The number of benzene rings is 1. The van der Waals surface area contributed by atoms with Gasteiger partial charge in [-0.15, -0.1) is 0 Å². The van der Waals surface area contributed by atoms with Crippen molar-refractivity contribution in [2.24, 2.45) is 0 Å². The summed E-state index contributed by atoms with van der Waals surface area (Å²) in [6.45, 7) is -0.144. The van der Waals surface area contributed by atoms with Crippen LogP contribution in [0.3, 0.4) is 0 Å². The quantitative estimate of drug-likeness (QED) is 0.742. The van der Waals surface area contributed by atoms with Crippen molar-refractivity contribution >= 4 is 9.84 Å². The average molecular weight is 350 g/mol. The molecule has 0 saturated carbocycles. The molecule has 1 heterocycles. The third kappa shape index (κ3) is 3.94. The number of pyridine rings is 1. The molecule has 24 heavy (non-hydrogen) atoms. The molecule has 2 rings (SSSR count). The first-order valence-corrected chi connectivity index (χ1v) is 8.72. The molecule has 1 aromatic carbocycles. The molecule has 126 valence electrons. The standard InChI is InChI=1S/C16H15FN2O4S/c1-22-10-23-16(12-5-3-4-6-13(12)17)14-7-15(24(2,20)21)11(8-18)9-19-14/h3-7,9,16H,10H2,1-2H3. The van der Waals surface area contributed by atoms with Gasteiger partial charge in [-0.3, -0.25) is 4.98 Å². The lowest BCUT2D eigenvalue weighted by Gasteiger charge is -2.19. The molecule has 2 aromatic rings. The Morgan fingerprint density at radius 1 is 1.38 bits per heavy atom. The monoisotopic (exact) mass is 350 g/mol. The maximum absolute atomic E-state index is 14.1. The molecule has 1 atom stereocenters. The number of aromatic nitrogens is 1. The number of hydrogen-bond acceptors (Lipinski definition) is 6. The van der Waals surface area contributed by atoms with Crippen LogP contribution >= 0.6 is 0 Å². The molecule has 0 aliphatic heterocycles. The van der Waals surface area contributed by atoms with Gasteiger partial charge in [0, 0.05) is 25.1 Å². The van der Waals surface area contributed by atoms with Crippen LogP contribution in [0.4, 0.5) is 4.39 Å². The van der Waals surface area contributed by atoms with Crippen LogP contribution in [0.25, 0.3) is 0 Å². The molecule has 1 unspecified atom stereocenters. The molecule has 0 bridgehead atoms. The van der Waals surface area contributed by atoms with Crippen molar-refractivity contribution in [1.29, 1.82) is 5.26 Å². The van der Waals surface area contributed by atoms with Gasteiger partial charge in [-0.25, -0.2) is 12.8 Å². The number of halogens is 1. The molecule has 0 spiro atoms. The van der Waals surface area contributed by atoms with Gasteiger partial charge in [0.1, 0.15) is 24.8 Å². The number of hydrogen-bond donors (Lipinski definition) is 0. The maximum atomic E-state index is 14.1. The van der Waals surface area contributed by atoms with Gasteiger partial charge in [-0.2, -0.15) is 5.26 Å². The van der Waals surface area contributed by atoms with E-state index < -0.39 is 21.8 Å². The van der Waals surface area contributed by atoms with Crippen molar-refractivity contribution < 1.29 is 22.3 Å². The van der Waals surface area contributed by atoms with Gasteiger partial charge in [0.25, 0.3) is 0 Å². The van der Waals surface area contributed by atoms with Crippen LogP contribution in [0.1, 0.15) is 22.9 Å². The number of nitriles is 1. The summed E-state index contributed by atoms with van der Waals surface area (Å²) < 4.78 is 48.2. The molecular weight excluding hydrogens is 335 g/mol. The Bertz CT molecular complexity index is 878. The zero-order valence-electron chi connectivity index (χ0n) is 13.1. The first-order chi connectivity index (χ1) is 11.4. The van der Waals surface area contributed by atoms with E-state index in [2.05, 4.69) is 4.98 Å². The minimum Gasteiger partial charge on any atom is -0.359 e. The summed E-state index contributed by atoms with van der Waals surface area (Å²) in [5.41, 5.74) is 0.267. The van der Waals surface area contributed by atoms with Crippen LogP contribution < -0.4 is 0 Å². The zero-order chi connectivity index (χ0) is 17.7. The summed E-state index contributed by atoms with van der Waals surface area (Å²) in [5.74, 6) is -0.523. The second kappa shape index (κ2) is 7.49. The number of nitrogens with zero attached hydrogens (tertiary/aromatic N) is 2. The molecule has 0 aliphatic carbocycles. The van der Waals surface area contributed by atoms with Gasteiger partial charge in [-0.1, -0.05) is 18.2 Å². The highest BCUT2D eigenvalue weighted by Gasteiger charge is 2.23. The summed E-state index contributed by atoms with van der Waals surface area (Å²) in [5, 5.41) is 9.05.